The fraction of sp³-hybridized carbons (Fsp3) is 0.0952. The number of anilines is 2. The second-order valence-corrected chi connectivity index (χ2v) is 8.10. The van der Waals surface area contributed by atoms with Gasteiger partial charge in [0.1, 0.15) is 5.82 Å². The SMILES string of the molecule is Cc1ccc(C)c(NS(=O)(=O)c2cccc(C(=O)Nc3cccc(F)c3)c2)c1. The van der Waals surface area contributed by atoms with E-state index in [0.717, 1.165) is 11.1 Å². The number of sulfonamides is 1. The molecule has 2 N–H and O–H groups in total. The molecule has 0 fully saturated rings. The van der Waals surface area contributed by atoms with Gasteiger partial charge in [-0.3, -0.25) is 9.52 Å². The molecular formula is C21H19FN2O3S. The summed E-state index contributed by atoms with van der Waals surface area (Å²) in [6.07, 6.45) is 0. The van der Waals surface area contributed by atoms with Crippen molar-refractivity contribution < 1.29 is 17.6 Å². The summed E-state index contributed by atoms with van der Waals surface area (Å²) < 4.78 is 41.3. The Labute approximate surface area is 163 Å². The molecule has 0 saturated carbocycles. The highest BCUT2D eigenvalue weighted by atomic mass is 32.2. The summed E-state index contributed by atoms with van der Waals surface area (Å²) in [5, 5.41) is 2.55. The molecule has 0 unspecified atom stereocenters. The third-order valence-corrected chi connectivity index (χ3v) is 5.49. The molecule has 28 heavy (non-hydrogen) atoms. The first-order chi connectivity index (χ1) is 13.2. The molecule has 0 aliphatic heterocycles. The summed E-state index contributed by atoms with van der Waals surface area (Å²) >= 11 is 0. The molecule has 5 nitrogen and oxygen atoms in total. The summed E-state index contributed by atoms with van der Waals surface area (Å²) in [5.74, 6) is -1.01. The summed E-state index contributed by atoms with van der Waals surface area (Å²) in [6, 6.07) is 16.6. The van der Waals surface area contributed by atoms with Crippen LogP contribution in [0.1, 0.15) is 21.5 Å². The molecule has 3 aromatic rings. The maximum atomic E-state index is 13.3. The van der Waals surface area contributed by atoms with Crippen molar-refractivity contribution in [2.75, 3.05) is 10.0 Å². The van der Waals surface area contributed by atoms with Crippen molar-refractivity contribution >= 4 is 27.3 Å². The number of hydrogen-bond acceptors (Lipinski definition) is 3. The van der Waals surface area contributed by atoms with E-state index in [0.29, 0.717) is 5.69 Å². The molecule has 0 saturated heterocycles. The van der Waals surface area contributed by atoms with Crippen LogP contribution in [0.15, 0.2) is 71.6 Å². The predicted molar refractivity (Wildman–Crippen MR) is 108 cm³/mol. The quantitative estimate of drug-likeness (QED) is 0.665. The lowest BCUT2D eigenvalue weighted by atomic mass is 10.1. The van der Waals surface area contributed by atoms with Crippen LogP contribution in [0.3, 0.4) is 0 Å². The number of carbonyl (C=O) groups is 1. The van der Waals surface area contributed by atoms with E-state index < -0.39 is 21.7 Å². The smallest absolute Gasteiger partial charge is 0.261 e. The molecule has 3 aromatic carbocycles. The van der Waals surface area contributed by atoms with Gasteiger partial charge < -0.3 is 5.32 Å². The number of aryl methyl sites for hydroxylation is 2. The van der Waals surface area contributed by atoms with Crippen LogP contribution in [0.25, 0.3) is 0 Å². The van der Waals surface area contributed by atoms with Crippen molar-refractivity contribution in [3.8, 4) is 0 Å². The zero-order valence-corrected chi connectivity index (χ0v) is 16.2. The molecule has 3 rings (SSSR count). The number of benzene rings is 3. The van der Waals surface area contributed by atoms with Crippen LogP contribution < -0.4 is 10.0 Å². The van der Waals surface area contributed by atoms with Crippen molar-refractivity contribution in [1.29, 1.82) is 0 Å². The van der Waals surface area contributed by atoms with Crippen LogP contribution in [-0.2, 0) is 10.0 Å². The van der Waals surface area contributed by atoms with Gasteiger partial charge in [-0.05, 0) is 67.4 Å². The Kier molecular flexibility index (Phi) is 5.46. The van der Waals surface area contributed by atoms with Gasteiger partial charge in [-0.25, -0.2) is 12.8 Å². The number of hydrogen-bond donors (Lipinski definition) is 2. The molecule has 0 aromatic heterocycles. The minimum absolute atomic E-state index is 0.0414. The van der Waals surface area contributed by atoms with Gasteiger partial charge in [0.15, 0.2) is 0 Å². The molecule has 0 aliphatic carbocycles. The first-order valence-electron chi connectivity index (χ1n) is 8.52. The van der Waals surface area contributed by atoms with Gasteiger partial charge in [0.25, 0.3) is 15.9 Å². The van der Waals surface area contributed by atoms with E-state index in [4.69, 9.17) is 0 Å². The average molecular weight is 398 g/mol. The van der Waals surface area contributed by atoms with Gasteiger partial charge in [0.05, 0.1) is 10.6 Å². The first-order valence-corrected chi connectivity index (χ1v) is 10.00. The molecule has 0 radical (unpaired) electrons. The van der Waals surface area contributed by atoms with Gasteiger partial charge in [-0.1, -0.05) is 24.3 Å². The van der Waals surface area contributed by atoms with Crippen molar-refractivity contribution in [3.63, 3.8) is 0 Å². The van der Waals surface area contributed by atoms with Crippen LogP contribution in [0.4, 0.5) is 15.8 Å². The maximum absolute atomic E-state index is 13.3. The molecule has 0 heterocycles. The molecular weight excluding hydrogens is 379 g/mol. The Bertz CT molecular complexity index is 1140. The van der Waals surface area contributed by atoms with Gasteiger partial charge in [0.2, 0.25) is 0 Å². The normalized spacial score (nSPS) is 11.1. The molecule has 7 heteroatoms. The lowest BCUT2D eigenvalue weighted by molar-refractivity contribution is 0.102. The Hall–Kier alpha value is -3.19. The van der Waals surface area contributed by atoms with E-state index in [-0.39, 0.29) is 16.1 Å². The van der Waals surface area contributed by atoms with Crippen LogP contribution in [0.2, 0.25) is 0 Å². The largest absolute Gasteiger partial charge is 0.322 e. The lowest BCUT2D eigenvalue weighted by Gasteiger charge is -2.12. The Morgan fingerprint density at radius 2 is 1.68 bits per heavy atom. The lowest BCUT2D eigenvalue weighted by Crippen LogP contribution is -2.16. The minimum Gasteiger partial charge on any atom is -0.322 e. The van der Waals surface area contributed by atoms with Crippen molar-refractivity contribution in [1.82, 2.24) is 0 Å². The van der Waals surface area contributed by atoms with E-state index in [1.807, 2.05) is 19.1 Å². The maximum Gasteiger partial charge on any atom is 0.261 e. The monoisotopic (exact) mass is 398 g/mol. The van der Waals surface area contributed by atoms with Crippen LogP contribution in [0, 0.1) is 19.7 Å². The van der Waals surface area contributed by atoms with Crippen LogP contribution in [-0.4, -0.2) is 14.3 Å². The predicted octanol–water partition coefficient (Wildman–Crippen LogP) is 4.50. The van der Waals surface area contributed by atoms with Gasteiger partial charge in [0, 0.05) is 11.3 Å². The van der Waals surface area contributed by atoms with Gasteiger partial charge in [-0.2, -0.15) is 0 Å². The van der Waals surface area contributed by atoms with Crippen molar-refractivity contribution in [2.24, 2.45) is 0 Å². The highest BCUT2D eigenvalue weighted by Gasteiger charge is 2.17. The second kappa shape index (κ2) is 7.82. The molecule has 0 aliphatic rings. The summed E-state index contributed by atoms with van der Waals surface area (Å²) in [7, 11) is -3.88. The number of halogens is 1. The summed E-state index contributed by atoms with van der Waals surface area (Å²) in [5.41, 5.74) is 2.62. The topological polar surface area (TPSA) is 75.3 Å². The number of amides is 1. The van der Waals surface area contributed by atoms with E-state index >= 15 is 0 Å². The Morgan fingerprint density at radius 3 is 2.43 bits per heavy atom. The third kappa shape index (κ3) is 4.55. The second-order valence-electron chi connectivity index (χ2n) is 6.42. The Balaban J connectivity index is 1.85. The molecule has 1 amide bonds. The van der Waals surface area contributed by atoms with E-state index in [1.165, 1.54) is 42.5 Å². The number of carbonyl (C=O) groups excluding carboxylic acids is 1. The van der Waals surface area contributed by atoms with E-state index in [1.54, 1.807) is 19.1 Å². The number of rotatable bonds is 5. The standard InChI is InChI=1S/C21H19FN2O3S/c1-14-9-10-15(2)20(11-14)24-28(26,27)19-8-3-5-16(12-19)21(25)23-18-7-4-6-17(22)13-18/h3-13,24H,1-2H3,(H,23,25). The van der Waals surface area contributed by atoms with Gasteiger partial charge >= 0.3 is 0 Å². The highest BCUT2D eigenvalue weighted by molar-refractivity contribution is 7.92. The van der Waals surface area contributed by atoms with Gasteiger partial charge in [-0.15, -0.1) is 0 Å². The third-order valence-electron chi connectivity index (χ3n) is 4.13. The molecule has 144 valence electrons. The molecule has 0 bridgehead atoms. The van der Waals surface area contributed by atoms with Crippen molar-refractivity contribution in [2.45, 2.75) is 18.7 Å². The Morgan fingerprint density at radius 1 is 0.929 bits per heavy atom. The minimum atomic E-state index is -3.88. The van der Waals surface area contributed by atoms with Crippen molar-refractivity contribution in [3.05, 3.63) is 89.2 Å². The fourth-order valence-corrected chi connectivity index (χ4v) is 3.79. The van der Waals surface area contributed by atoms with E-state index in [2.05, 4.69) is 10.0 Å². The van der Waals surface area contributed by atoms with Crippen LogP contribution in [0.5, 0.6) is 0 Å². The average Bonchev–Trinajstić information content (AvgIpc) is 2.64. The fourth-order valence-electron chi connectivity index (χ4n) is 2.62. The summed E-state index contributed by atoms with van der Waals surface area (Å²) in [4.78, 5) is 12.4. The summed E-state index contributed by atoms with van der Waals surface area (Å²) in [6.45, 7) is 3.68. The number of nitrogens with one attached hydrogen (secondary N) is 2. The van der Waals surface area contributed by atoms with Crippen LogP contribution >= 0.6 is 0 Å². The molecule has 0 atom stereocenters. The molecule has 0 spiro atoms. The highest BCUT2D eigenvalue weighted by Crippen LogP contribution is 2.22. The zero-order valence-electron chi connectivity index (χ0n) is 15.4. The first kappa shape index (κ1) is 19.6. The van der Waals surface area contributed by atoms with E-state index in [9.17, 15) is 17.6 Å². The zero-order chi connectivity index (χ0) is 20.3.